The second-order valence-corrected chi connectivity index (χ2v) is 11.1. The molecule has 9 nitrogen and oxygen atoms in total. The number of aromatic nitrogens is 4. The number of piperazine rings is 1. The van der Waals surface area contributed by atoms with E-state index >= 15 is 0 Å². The van der Waals surface area contributed by atoms with Gasteiger partial charge in [0.2, 0.25) is 0 Å². The summed E-state index contributed by atoms with van der Waals surface area (Å²) >= 11 is 0. The van der Waals surface area contributed by atoms with Crippen LogP contribution in [0.15, 0.2) is 79.4 Å². The number of amides is 1. The first-order valence-corrected chi connectivity index (χ1v) is 14.5. The number of carbonyl (C=O) groups is 1. The normalized spacial score (nSPS) is 21.5. The Labute approximate surface area is 277 Å². The van der Waals surface area contributed by atoms with Crippen LogP contribution in [-0.2, 0) is 11.3 Å². The van der Waals surface area contributed by atoms with E-state index in [9.17, 15) is 9.90 Å². The summed E-state index contributed by atoms with van der Waals surface area (Å²) in [4.78, 5) is 25.7. The van der Waals surface area contributed by atoms with Crippen molar-refractivity contribution in [1.82, 2.24) is 29.3 Å². The molecule has 12 heteroatoms. The molecule has 1 aliphatic carbocycles. The standard InChI is InChI=1S/C32H38N6O3.3ClH/c1-41-22-32(40)15-9-8-14-27(32)38-23-35-28(29(38)24-10-4-2-5-11-24)31(39)37-19-16-33-20-26(37)21-36-18-17-34-30(36)25-12-6-3-7-13-25;;;/h2-7,10-13,17-18,23,26-27,33,40H,8-9,14-16,19-22H2,1H3;3*1H/t26-,27+,32+;;;/m0.../s1. The van der Waals surface area contributed by atoms with Crippen molar-refractivity contribution in [3.63, 3.8) is 0 Å². The fourth-order valence-corrected chi connectivity index (χ4v) is 6.51. The lowest BCUT2D eigenvalue weighted by molar-refractivity contribution is -0.0893. The van der Waals surface area contributed by atoms with Gasteiger partial charge < -0.3 is 29.2 Å². The predicted molar refractivity (Wildman–Crippen MR) is 179 cm³/mol. The number of halogens is 3. The van der Waals surface area contributed by atoms with E-state index in [4.69, 9.17) is 9.72 Å². The maximum absolute atomic E-state index is 14.4. The Morgan fingerprint density at radius 2 is 1.73 bits per heavy atom. The summed E-state index contributed by atoms with van der Waals surface area (Å²) < 4.78 is 9.61. The van der Waals surface area contributed by atoms with Gasteiger partial charge in [-0.2, -0.15) is 0 Å². The first-order chi connectivity index (χ1) is 20.1. The minimum atomic E-state index is -1.02. The Balaban J connectivity index is 0.00000176. The topological polar surface area (TPSA) is 97.4 Å². The van der Waals surface area contributed by atoms with Crippen LogP contribution in [0.25, 0.3) is 22.6 Å². The molecule has 3 heterocycles. The second-order valence-electron chi connectivity index (χ2n) is 11.1. The van der Waals surface area contributed by atoms with E-state index in [1.807, 2.05) is 70.4 Å². The summed E-state index contributed by atoms with van der Waals surface area (Å²) in [5, 5.41) is 15.1. The monoisotopic (exact) mass is 662 g/mol. The van der Waals surface area contributed by atoms with Crippen molar-refractivity contribution in [3.8, 4) is 22.6 Å². The van der Waals surface area contributed by atoms with Gasteiger partial charge in [-0.3, -0.25) is 4.79 Å². The number of nitrogens with zero attached hydrogens (tertiary/aromatic N) is 5. The number of hydrogen-bond donors (Lipinski definition) is 2. The summed E-state index contributed by atoms with van der Waals surface area (Å²) in [6.45, 7) is 2.82. The number of benzene rings is 2. The third kappa shape index (κ3) is 7.14. The average molecular weight is 664 g/mol. The number of rotatable bonds is 8. The fourth-order valence-electron chi connectivity index (χ4n) is 6.51. The molecular formula is C32H41Cl3N6O3. The third-order valence-corrected chi connectivity index (χ3v) is 8.50. The minimum absolute atomic E-state index is 0. The highest BCUT2D eigenvalue weighted by molar-refractivity contribution is 5.98. The van der Waals surface area contributed by atoms with Crippen LogP contribution in [0.5, 0.6) is 0 Å². The van der Waals surface area contributed by atoms with Gasteiger partial charge in [0.05, 0.1) is 30.7 Å². The lowest BCUT2D eigenvalue weighted by Crippen LogP contribution is -2.55. The molecule has 2 N–H and O–H groups in total. The Morgan fingerprint density at radius 3 is 2.43 bits per heavy atom. The minimum Gasteiger partial charge on any atom is -0.385 e. The molecule has 2 aromatic carbocycles. The first kappa shape index (κ1) is 35.6. The summed E-state index contributed by atoms with van der Waals surface area (Å²) in [6.07, 6.45) is 8.92. The van der Waals surface area contributed by atoms with Crippen molar-refractivity contribution in [2.75, 3.05) is 33.4 Å². The number of imidazole rings is 2. The number of hydrogen-bond acceptors (Lipinski definition) is 6. The molecule has 2 aromatic heterocycles. The molecule has 1 saturated heterocycles. The highest BCUT2D eigenvalue weighted by Crippen LogP contribution is 2.41. The number of methoxy groups -OCH3 is 1. The van der Waals surface area contributed by atoms with Crippen molar-refractivity contribution in [1.29, 1.82) is 0 Å². The van der Waals surface area contributed by atoms with Crippen molar-refractivity contribution in [3.05, 3.63) is 85.1 Å². The molecule has 3 atom stereocenters. The van der Waals surface area contributed by atoms with Crippen molar-refractivity contribution >= 4 is 43.1 Å². The van der Waals surface area contributed by atoms with Gasteiger partial charge in [0, 0.05) is 56.8 Å². The molecule has 1 saturated carbocycles. The summed E-state index contributed by atoms with van der Waals surface area (Å²) in [5.41, 5.74) is 2.10. The van der Waals surface area contributed by atoms with E-state index < -0.39 is 5.60 Å². The highest BCUT2D eigenvalue weighted by atomic mass is 35.5. The molecule has 0 spiro atoms. The zero-order valence-electron chi connectivity index (χ0n) is 24.7. The molecule has 6 rings (SSSR count). The molecule has 0 bridgehead atoms. The molecule has 238 valence electrons. The molecule has 0 unspecified atom stereocenters. The number of ether oxygens (including phenoxy) is 1. The molecule has 0 radical (unpaired) electrons. The molecule has 4 aromatic rings. The van der Waals surface area contributed by atoms with Crippen LogP contribution < -0.4 is 5.32 Å². The van der Waals surface area contributed by atoms with E-state index in [0.29, 0.717) is 31.7 Å². The fraction of sp³-hybridized carbons (Fsp3) is 0.406. The molecule has 1 amide bonds. The molecular weight excluding hydrogens is 623 g/mol. The molecule has 44 heavy (non-hydrogen) atoms. The van der Waals surface area contributed by atoms with Gasteiger partial charge >= 0.3 is 0 Å². The first-order valence-electron chi connectivity index (χ1n) is 14.5. The zero-order valence-corrected chi connectivity index (χ0v) is 27.2. The highest BCUT2D eigenvalue weighted by Gasteiger charge is 2.42. The van der Waals surface area contributed by atoms with Crippen LogP contribution in [0.3, 0.4) is 0 Å². The van der Waals surface area contributed by atoms with Crippen LogP contribution in [0, 0.1) is 0 Å². The summed E-state index contributed by atoms with van der Waals surface area (Å²) in [5.74, 6) is 0.786. The van der Waals surface area contributed by atoms with Crippen LogP contribution in [0.4, 0.5) is 0 Å². The van der Waals surface area contributed by atoms with Crippen LogP contribution in [-0.4, -0.2) is 80.0 Å². The van der Waals surface area contributed by atoms with E-state index in [0.717, 1.165) is 48.5 Å². The molecule has 2 fully saturated rings. The summed E-state index contributed by atoms with van der Waals surface area (Å²) in [7, 11) is 1.62. The van der Waals surface area contributed by atoms with Crippen LogP contribution in [0.1, 0.15) is 42.2 Å². The van der Waals surface area contributed by atoms with Gasteiger partial charge in [-0.1, -0.05) is 73.5 Å². The van der Waals surface area contributed by atoms with Crippen LogP contribution >= 0.6 is 37.2 Å². The maximum Gasteiger partial charge on any atom is 0.275 e. The Bertz CT molecular complexity index is 1460. The van der Waals surface area contributed by atoms with E-state index in [1.54, 1.807) is 13.4 Å². The molecule has 1 aliphatic heterocycles. The summed E-state index contributed by atoms with van der Waals surface area (Å²) in [6, 6.07) is 19.7. The smallest absolute Gasteiger partial charge is 0.275 e. The predicted octanol–water partition coefficient (Wildman–Crippen LogP) is 5.29. The van der Waals surface area contributed by atoms with E-state index in [-0.39, 0.29) is 61.8 Å². The lowest BCUT2D eigenvalue weighted by atomic mass is 9.80. The quantitative estimate of drug-likeness (QED) is 0.266. The lowest BCUT2D eigenvalue weighted by Gasteiger charge is -2.41. The third-order valence-electron chi connectivity index (χ3n) is 8.50. The van der Waals surface area contributed by atoms with Gasteiger partial charge in [0.15, 0.2) is 5.69 Å². The van der Waals surface area contributed by atoms with Gasteiger partial charge in [0.25, 0.3) is 5.91 Å². The number of nitrogens with one attached hydrogen (secondary N) is 1. The Morgan fingerprint density at radius 1 is 1.02 bits per heavy atom. The van der Waals surface area contributed by atoms with Crippen molar-refractivity contribution in [2.45, 2.75) is 49.9 Å². The van der Waals surface area contributed by atoms with Crippen molar-refractivity contribution < 1.29 is 14.6 Å². The van der Waals surface area contributed by atoms with Gasteiger partial charge in [-0.15, -0.1) is 37.2 Å². The van der Waals surface area contributed by atoms with Gasteiger partial charge in [-0.25, -0.2) is 9.97 Å². The zero-order chi connectivity index (χ0) is 28.2. The largest absolute Gasteiger partial charge is 0.385 e. The number of carbonyl (C=O) groups excluding carboxylic acids is 1. The van der Waals surface area contributed by atoms with Crippen LogP contribution in [0.2, 0.25) is 0 Å². The Hall–Kier alpha value is -2.92. The van der Waals surface area contributed by atoms with Gasteiger partial charge in [-0.05, 0) is 12.8 Å². The van der Waals surface area contributed by atoms with Crippen molar-refractivity contribution in [2.24, 2.45) is 0 Å². The second kappa shape index (κ2) is 15.9. The SMILES string of the molecule is COC[C@]1(O)CCCC[C@H]1n1cnc(C(=O)N2CCNC[C@H]2Cn2ccnc2-c2ccccc2)c1-c1ccccc1.Cl.Cl.Cl. The molecule has 2 aliphatic rings. The van der Waals surface area contributed by atoms with E-state index in [2.05, 4.69) is 27.0 Å². The number of aliphatic hydroxyl groups is 1. The Kier molecular flexibility index (Phi) is 12.8. The van der Waals surface area contributed by atoms with E-state index in [1.165, 1.54) is 0 Å². The van der Waals surface area contributed by atoms with Gasteiger partial charge in [0.1, 0.15) is 11.4 Å². The average Bonchev–Trinajstić information content (AvgIpc) is 3.66. The maximum atomic E-state index is 14.4.